The van der Waals surface area contributed by atoms with Crippen molar-refractivity contribution in [1.29, 1.82) is 0 Å². The quantitative estimate of drug-likeness (QED) is 0.236. The fraction of sp³-hybridized carbons (Fsp3) is 0.441. The zero-order valence-corrected chi connectivity index (χ0v) is 25.9. The Morgan fingerprint density at radius 3 is 2.30 bits per heavy atom. The van der Waals surface area contributed by atoms with Gasteiger partial charge in [-0.25, -0.2) is 0 Å². The number of amides is 4. The average Bonchev–Trinajstić information content (AvgIpc) is 3.68. The van der Waals surface area contributed by atoms with Crippen molar-refractivity contribution in [2.45, 2.75) is 82.0 Å². The number of hydrogen-bond donors (Lipinski definition) is 4. The summed E-state index contributed by atoms with van der Waals surface area (Å²) < 4.78 is 1.59. The fourth-order valence-electron chi connectivity index (χ4n) is 6.40. The van der Waals surface area contributed by atoms with Crippen molar-refractivity contribution in [3.05, 3.63) is 71.9 Å². The highest BCUT2D eigenvalue weighted by molar-refractivity contribution is 5.98. The lowest BCUT2D eigenvalue weighted by atomic mass is 9.99. The molecule has 2 aromatic carbocycles. The molecular formula is C34H41N5O7. The van der Waals surface area contributed by atoms with Gasteiger partial charge in [-0.05, 0) is 42.9 Å². The van der Waals surface area contributed by atoms with Gasteiger partial charge in [0.2, 0.25) is 23.6 Å². The Labute approximate surface area is 267 Å². The van der Waals surface area contributed by atoms with Crippen molar-refractivity contribution in [3.63, 3.8) is 0 Å². The minimum absolute atomic E-state index is 0.0177. The minimum atomic E-state index is -1.07. The van der Waals surface area contributed by atoms with E-state index >= 15 is 0 Å². The third kappa shape index (κ3) is 7.67. The molecular weight excluding hydrogens is 590 g/mol. The van der Waals surface area contributed by atoms with Crippen LogP contribution < -0.4 is 20.8 Å². The molecule has 244 valence electrons. The summed E-state index contributed by atoms with van der Waals surface area (Å²) in [4.78, 5) is 73.5. The maximum Gasteiger partial charge on any atom is 0.303 e. The number of carboxylic acids is 1. The molecule has 0 radical (unpaired) electrons. The highest BCUT2D eigenvalue weighted by atomic mass is 16.6. The molecule has 4 amide bonds. The number of rotatable bonds is 11. The number of carbonyl (C=O) groups excluding carboxylic acids is 4. The predicted molar refractivity (Wildman–Crippen MR) is 170 cm³/mol. The first-order valence-electron chi connectivity index (χ1n) is 15.9. The molecule has 2 aliphatic heterocycles. The number of hydrogen-bond acceptors (Lipinski definition) is 6. The monoisotopic (exact) mass is 631 g/mol. The third-order valence-electron chi connectivity index (χ3n) is 8.77. The molecule has 5 rings (SSSR count). The summed E-state index contributed by atoms with van der Waals surface area (Å²) in [5.74, 6) is -2.68. The lowest BCUT2D eigenvalue weighted by Crippen LogP contribution is -2.61. The zero-order chi connectivity index (χ0) is 32.6. The summed E-state index contributed by atoms with van der Waals surface area (Å²) >= 11 is 0. The lowest BCUT2D eigenvalue weighted by molar-refractivity contribution is -0.143. The number of nitrogens with zero attached hydrogens (tertiary/aromatic N) is 2. The van der Waals surface area contributed by atoms with E-state index < -0.39 is 47.9 Å². The Balaban J connectivity index is 1.47. The van der Waals surface area contributed by atoms with Crippen LogP contribution in [-0.4, -0.2) is 82.2 Å². The molecule has 4 atom stereocenters. The predicted octanol–water partition coefficient (Wildman–Crippen LogP) is 1.98. The molecule has 3 aromatic rings. The van der Waals surface area contributed by atoms with Crippen molar-refractivity contribution in [1.82, 2.24) is 25.6 Å². The van der Waals surface area contributed by atoms with Gasteiger partial charge in [0.25, 0.3) is 0 Å². The first-order chi connectivity index (χ1) is 22.2. The lowest BCUT2D eigenvalue weighted by Gasteiger charge is -2.32. The van der Waals surface area contributed by atoms with Crippen LogP contribution >= 0.6 is 0 Å². The first-order valence-corrected chi connectivity index (χ1v) is 15.9. The number of benzene rings is 2. The van der Waals surface area contributed by atoms with E-state index in [2.05, 4.69) is 16.0 Å². The normalized spacial score (nSPS) is 22.3. The Bertz CT molecular complexity index is 1570. The van der Waals surface area contributed by atoms with Crippen LogP contribution in [0.1, 0.15) is 56.1 Å². The number of unbranched alkanes of at least 4 members (excludes halogenated alkanes) is 2. The first kappa shape index (κ1) is 32.5. The van der Waals surface area contributed by atoms with Crippen molar-refractivity contribution in [2.24, 2.45) is 0 Å². The highest BCUT2D eigenvalue weighted by Gasteiger charge is 2.40. The summed E-state index contributed by atoms with van der Waals surface area (Å²) in [5.41, 5.74) is 2.40. The number of carboxylic acid groups (broad SMARTS) is 1. The average molecular weight is 632 g/mol. The van der Waals surface area contributed by atoms with E-state index in [1.807, 2.05) is 54.6 Å². The topological polar surface area (TPSA) is 159 Å². The van der Waals surface area contributed by atoms with E-state index in [-0.39, 0.29) is 31.6 Å². The van der Waals surface area contributed by atoms with Gasteiger partial charge < -0.3 is 30.8 Å². The molecule has 0 bridgehead atoms. The number of para-hydroxylation sites is 1. The standard InChI is InChI=1S/C34H41N5O7/c1-46-39-21-23(24-13-8-9-15-28(24)39)20-26-32(43)37-27(19-22-11-4-2-5-12-22)34(45)38-18-10-16-29(38)33(44)35-25(31(42)36-26)14-6-3-7-17-30(40)41/h2,4-5,8-9,11-13,15,21,25-27,29H,3,6-7,10,14,16-20H2,1H3,(H,35,44)(H,36,42)(H,37,43)(H,40,41)/t25-,26-,27-,29+/m0/s1. The maximum absolute atomic E-state index is 14.1. The van der Waals surface area contributed by atoms with Gasteiger partial charge in [0.05, 0.1) is 5.52 Å². The SMILES string of the molecule is COn1cc(C[C@@H]2NC(=O)[C@H](CCCCCC(=O)O)NC(=O)[C@H]3CCCN3C(=O)[C@H](Cc3ccccc3)NC2=O)c2ccccc21. The largest absolute Gasteiger partial charge is 0.481 e. The van der Waals surface area contributed by atoms with Gasteiger partial charge in [-0.2, -0.15) is 4.73 Å². The van der Waals surface area contributed by atoms with E-state index in [1.54, 1.807) is 10.9 Å². The second kappa shape index (κ2) is 14.9. The van der Waals surface area contributed by atoms with Crippen LogP contribution in [0.15, 0.2) is 60.8 Å². The molecule has 2 saturated heterocycles. The second-order valence-electron chi connectivity index (χ2n) is 11.9. The number of carbonyl (C=O) groups is 5. The number of fused-ring (bicyclic) bond motifs is 2. The molecule has 0 saturated carbocycles. The molecule has 0 spiro atoms. The van der Waals surface area contributed by atoms with E-state index in [1.165, 1.54) is 12.0 Å². The molecule has 4 N–H and O–H groups in total. The second-order valence-corrected chi connectivity index (χ2v) is 11.9. The van der Waals surface area contributed by atoms with Gasteiger partial charge in [-0.3, -0.25) is 24.0 Å². The van der Waals surface area contributed by atoms with Gasteiger partial charge in [0.15, 0.2) is 0 Å². The minimum Gasteiger partial charge on any atom is -0.481 e. The van der Waals surface area contributed by atoms with E-state index in [0.717, 1.165) is 22.0 Å². The van der Waals surface area contributed by atoms with Crippen LogP contribution in [0, 0.1) is 0 Å². The van der Waals surface area contributed by atoms with E-state index in [4.69, 9.17) is 9.94 Å². The van der Waals surface area contributed by atoms with Gasteiger partial charge in [0.1, 0.15) is 31.3 Å². The van der Waals surface area contributed by atoms with Crippen molar-refractivity contribution in [3.8, 4) is 0 Å². The Hall–Kier alpha value is -4.87. The van der Waals surface area contributed by atoms with Crippen molar-refractivity contribution < 1.29 is 33.9 Å². The van der Waals surface area contributed by atoms with Crippen LogP contribution in [0.4, 0.5) is 0 Å². The van der Waals surface area contributed by atoms with Crippen LogP contribution in [0.2, 0.25) is 0 Å². The van der Waals surface area contributed by atoms with Gasteiger partial charge in [0, 0.05) is 37.4 Å². The van der Waals surface area contributed by atoms with Crippen LogP contribution in [0.5, 0.6) is 0 Å². The van der Waals surface area contributed by atoms with Crippen molar-refractivity contribution in [2.75, 3.05) is 13.7 Å². The summed E-state index contributed by atoms with van der Waals surface area (Å²) in [7, 11) is 1.54. The Morgan fingerprint density at radius 2 is 1.54 bits per heavy atom. The van der Waals surface area contributed by atoms with Crippen LogP contribution in [-0.2, 0) is 36.8 Å². The van der Waals surface area contributed by atoms with E-state index in [0.29, 0.717) is 38.6 Å². The summed E-state index contributed by atoms with van der Waals surface area (Å²) in [6.07, 6.45) is 4.93. The van der Waals surface area contributed by atoms with Gasteiger partial charge in [-0.15, -0.1) is 0 Å². The van der Waals surface area contributed by atoms with Gasteiger partial charge >= 0.3 is 5.97 Å². The number of aliphatic carboxylic acids is 1. The van der Waals surface area contributed by atoms with Crippen LogP contribution in [0.3, 0.4) is 0 Å². The smallest absolute Gasteiger partial charge is 0.303 e. The number of nitrogens with one attached hydrogen (secondary N) is 3. The summed E-state index contributed by atoms with van der Waals surface area (Å²) in [5, 5.41) is 18.5. The molecule has 0 aliphatic carbocycles. The van der Waals surface area contributed by atoms with Crippen molar-refractivity contribution >= 4 is 40.5 Å². The molecule has 1 aromatic heterocycles. The highest BCUT2D eigenvalue weighted by Crippen LogP contribution is 2.24. The van der Waals surface area contributed by atoms with Gasteiger partial charge in [-0.1, -0.05) is 61.4 Å². The van der Waals surface area contributed by atoms with Crippen LogP contribution in [0.25, 0.3) is 10.9 Å². The molecule has 12 nitrogen and oxygen atoms in total. The molecule has 12 heteroatoms. The molecule has 2 aliphatic rings. The maximum atomic E-state index is 14.1. The zero-order valence-electron chi connectivity index (χ0n) is 25.9. The Morgan fingerprint density at radius 1 is 0.848 bits per heavy atom. The molecule has 3 heterocycles. The molecule has 2 fully saturated rings. The molecule has 46 heavy (non-hydrogen) atoms. The summed E-state index contributed by atoms with van der Waals surface area (Å²) in [6.45, 7) is 0.365. The number of aromatic nitrogens is 1. The Kier molecular flexibility index (Phi) is 10.6. The fourth-order valence-corrected chi connectivity index (χ4v) is 6.40. The molecule has 0 unspecified atom stereocenters. The van der Waals surface area contributed by atoms with E-state index in [9.17, 15) is 24.0 Å². The summed E-state index contributed by atoms with van der Waals surface area (Å²) in [6, 6.07) is 13.1. The third-order valence-corrected chi connectivity index (χ3v) is 8.77.